The van der Waals surface area contributed by atoms with Crippen LogP contribution in [0.25, 0.3) is 0 Å². The lowest BCUT2D eigenvalue weighted by molar-refractivity contribution is -0.146. The summed E-state index contributed by atoms with van der Waals surface area (Å²) in [6, 6.07) is 6.39. The molecule has 3 N–H and O–H groups in total. The van der Waals surface area contributed by atoms with Crippen LogP contribution in [0.1, 0.15) is 109 Å². The van der Waals surface area contributed by atoms with Crippen LogP contribution in [0, 0.1) is 0 Å². The molecule has 0 aliphatic rings. The molecule has 1 amide bonds. The largest absolute Gasteiger partial charge is 0.508 e. The molecule has 1 atom stereocenters. The normalized spacial score (nSPS) is 13.0. The number of carbonyl (C=O) groups is 2. The van der Waals surface area contributed by atoms with Gasteiger partial charge in [0.1, 0.15) is 11.3 Å². The van der Waals surface area contributed by atoms with Crippen molar-refractivity contribution in [3.63, 3.8) is 0 Å². The molecule has 0 heterocycles. The zero-order valence-electron chi connectivity index (χ0n) is 19.6. The molecule has 0 aliphatic carbocycles. The minimum absolute atomic E-state index is 0.132. The summed E-state index contributed by atoms with van der Waals surface area (Å²) in [4.78, 5) is 24.0. The average molecular weight is 434 g/mol. The summed E-state index contributed by atoms with van der Waals surface area (Å²) in [5, 5.41) is 21.7. The highest BCUT2D eigenvalue weighted by Crippen LogP contribution is 2.18. The summed E-state index contributed by atoms with van der Waals surface area (Å²) in [5.74, 6) is -1.14. The lowest BCUT2D eigenvalue weighted by atomic mass is 9.92. The molecule has 0 spiro atoms. The van der Waals surface area contributed by atoms with E-state index in [4.69, 9.17) is 0 Å². The predicted octanol–water partition coefficient (Wildman–Crippen LogP) is 6.38. The number of phenolic OH excluding ortho intramolecular Hbond substituents is 1. The number of hydrogen-bond acceptors (Lipinski definition) is 3. The molecule has 1 rings (SSSR count). The van der Waals surface area contributed by atoms with Gasteiger partial charge in [0.25, 0.3) is 0 Å². The molecule has 1 aromatic rings. The van der Waals surface area contributed by atoms with Gasteiger partial charge in [-0.15, -0.1) is 0 Å². The quantitative estimate of drug-likeness (QED) is 0.235. The maximum atomic E-state index is 12.3. The van der Waals surface area contributed by atoms with Crippen LogP contribution in [-0.2, 0) is 16.0 Å². The number of phenols is 1. The fraction of sp³-hybridized carbons (Fsp3) is 0.692. The summed E-state index contributed by atoms with van der Waals surface area (Å²) in [6.45, 7) is 3.78. The summed E-state index contributed by atoms with van der Waals surface area (Å²) >= 11 is 0. The van der Waals surface area contributed by atoms with Crippen LogP contribution < -0.4 is 5.32 Å². The van der Waals surface area contributed by atoms with Crippen molar-refractivity contribution in [2.24, 2.45) is 0 Å². The van der Waals surface area contributed by atoms with Gasteiger partial charge in [-0.2, -0.15) is 0 Å². The van der Waals surface area contributed by atoms with Gasteiger partial charge in [-0.1, -0.05) is 96.1 Å². The Morgan fingerprint density at radius 3 is 1.71 bits per heavy atom. The van der Waals surface area contributed by atoms with E-state index in [1.165, 1.54) is 83.3 Å². The fourth-order valence-electron chi connectivity index (χ4n) is 3.87. The van der Waals surface area contributed by atoms with E-state index >= 15 is 0 Å². The third-order valence-electron chi connectivity index (χ3n) is 5.89. The number of benzene rings is 1. The lowest BCUT2D eigenvalue weighted by Crippen LogP contribution is -2.53. The highest BCUT2D eigenvalue weighted by atomic mass is 16.4. The van der Waals surface area contributed by atoms with Crippen LogP contribution >= 0.6 is 0 Å². The van der Waals surface area contributed by atoms with Gasteiger partial charge in [0.2, 0.25) is 5.91 Å². The minimum Gasteiger partial charge on any atom is -0.508 e. The van der Waals surface area contributed by atoms with Crippen LogP contribution in [0.3, 0.4) is 0 Å². The number of amides is 1. The van der Waals surface area contributed by atoms with E-state index in [1.807, 2.05) is 0 Å². The van der Waals surface area contributed by atoms with Crippen LogP contribution in [0.2, 0.25) is 0 Å². The Morgan fingerprint density at radius 1 is 0.806 bits per heavy atom. The van der Waals surface area contributed by atoms with Crippen molar-refractivity contribution in [1.82, 2.24) is 5.32 Å². The van der Waals surface area contributed by atoms with E-state index in [0.717, 1.165) is 24.8 Å². The first kappa shape index (κ1) is 27.0. The van der Waals surface area contributed by atoms with E-state index in [-0.39, 0.29) is 18.1 Å². The SMILES string of the molecule is CCCCCCCCCCCCCCCC(=O)NC(C)(Cc1ccc(O)cc1)C(=O)O. The van der Waals surface area contributed by atoms with E-state index in [2.05, 4.69) is 12.2 Å². The Hall–Kier alpha value is -2.04. The number of carbonyl (C=O) groups excluding carboxylic acids is 1. The molecule has 1 aromatic carbocycles. The molecule has 176 valence electrons. The molecular weight excluding hydrogens is 390 g/mol. The summed E-state index contributed by atoms with van der Waals surface area (Å²) in [7, 11) is 0. The number of aromatic hydroxyl groups is 1. The molecule has 0 saturated carbocycles. The first-order valence-corrected chi connectivity index (χ1v) is 12.2. The lowest BCUT2D eigenvalue weighted by Gasteiger charge is -2.26. The highest BCUT2D eigenvalue weighted by molar-refractivity contribution is 5.86. The monoisotopic (exact) mass is 433 g/mol. The Balaban J connectivity index is 2.14. The van der Waals surface area contributed by atoms with Crippen molar-refractivity contribution in [3.05, 3.63) is 29.8 Å². The first-order chi connectivity index (χ1) is 14.9. The molecule has 0 aliphatic heterocycles. The number of rotatable bonds is 18. The van der Waals surface area contributed by atoms with Gasteiger partial charge in [0.05, 0.1) is 0 Å². The van der Waals surface area contributed by atoms with E-state index in [0.29, 0.717) is 6.42 Å². The van der Waals surface area contributed by atoms with E-state index in [1.54, 1.807) is 12.1 Å². The van der Waals surface area contributed by atoms with Gasteiger partial charge in [0, 0.05) is 12.8 Å². The molecule has 0 saturated heterocycles. The maximum Gasteiger partial charge on any atom is 0.329 e. The second-order valence-electron chi connectivity index (χ2n) is 9.02. The topological polar surface area (TPSA) is 86.6 Å². The molecule has 0 bridgehead atoms. The molecule has 5 nitrogen and oxygen atoms in total. The van der Waals surface area contributed by atoms with Crippen LogP contribution in [-0.4, -0.2) is 27.6 Å². The summed E-state index contributed by atoms with van der Waals surface area (Å²) in [6.07, 6.45) is 16.8. The Labute approximate surface area is 188 Å². The molecule has 0 aromatic heterocycles. The van der Waals surface area contributed by atoms with Gasteiger partial charge in [-0.25, -0.2) is 4.79 Å². The van der Waals surface area contributed by atoms with Crippen LogP contribution in [0.5, 0.6) is 5.75 Å². The van der Waals surface area contributed by atoms with Gasteiger partial charge < -0.3 is 15.5 Å². The van der Waals surface area contributed by atoms with Crippen molar-refractivity contribution >= 4 is 11.9 Å². The number of unbranched alkanes of at least 4 members (excludes halogenated alkanes) is 12. The average Bonchev–Trinajstić information content (AvgIpc) is 2.73. The van der Waals surface area contributed by atoms with Crippen molar-refractivity contribution < 1.29 is 19.8 Å². The number of carboxylic acids is 1. The smallest absolute Gasteiger partial charge is 0.329 e. The highest BCUT2D eigenvalue weighted by Gasteiger charge is 2.34. The molecule has 0 fully saturated rings. The van der Waals surface area contributed by atoms with Gasteiger partial charge in [0.15, 0.2) is 0 Å². The third-order valence-corrected chi connectivity index (χ3v) is 5.89. The Morgan fingerprint density at radius 2 is 1.26 bits per heavy atom. The number of aliphatic carboxylic acids is 1. The zero-order chi connectivity index (χ0) is 23.0. The first-order valence-electron chi connectivity index (χ1n) is 12.2. The predicted molar refractivity (Wildman–Crippen MR) is 126 cm³/mol. The van der Waals surface area contributed by atoms with Crippen molar-refractivity contribution in [1.29, 1.82) is 0 Å². The summed E-state index contributed by atoms with van der Waals surface area (Å²) < 4.78 is 0. The zero-order valence-corrected chi connectivity index (χ0v) is 19.6. The second-order valence-corrected chi connectivity index (χ2v) is 9.02. The Kier molecular flexibility index (Phi) is 13.7. The van der Waals surface area contributed by atoms with Gasteiger partial charge >= 0.3 is 5.97 Å². The van der Waals surface area contributed by atoms with Crippen LogP contribution in [0.4, 0.5) is 0 Å². The fourth-order valence-corrected chi connectivity index (χ4v) is 3.87. The van der Waals surface area contributed by atoms with E-state index < -0.39 is 11.5 Å². The second kappa shape index (κ2) is 15.7. The van der Waals surface area contributed by atoms with Crippen molar-refractivity contribution in [2.75, 3.05) is 0 Å². The van der Waals surface area contributed by atoms with Crippen molar-refractivity contribution in [3.8, 4) is 5.75 Å². The standard InChI is InChI=1S/C26H43NO4/c1-3-4-5-6-7-8-9-10-11-12-13-14-15-16-24(29)27-26(2,25(30)31)21-22-17-19-23(28)20-18-22/h17-20,28H,3-16,21H2,1-2H3,(H,27,29)(H,30,31). The molecule has 1 unspecified atom stereocenters. The maximum absolute atomic E-state index is 12.3. The van der Waals surface area contributed by atoms with Crippen LogP contribution in [0.15, 0.2) is 24.3 Å². The third kappa shape index (κ3) is 12.4. The summed E-state index contributed by atoms with van der Waals surface area (Å²) in [5.41, 5.74) is -0.603. The molecular formula is C26H43NO4. The van der Waals surface area contributed by atoms with Crippen molar-refractivity contribution in [2.45, 2.75) is 116 Å². The molecule has 0 radical (unpaired) electrons. The molecule has 5 heteroatoms. The number of carboxylic acid groups (broad SMARTS) is 1. The Bertz CT molecular complexity index is 629. The number of nitrogens with one attached hydrogen (secondary N) is 1. The van der Waals surface area contributed by atoms with Gasteiger partial charge in [-0.05, 0) is 31.0 Å². The molecule has 31 heavy (non-hydrogen) atoms. The van der Waals surface area contributed by atoms with E-state index in [9.17, 15) is 19.8 Å². The minimum atomic E-state index is -1.36. The van der Waals surface area contributed by atoms with Gasteiger partial charge in [-0.3, -0.25) is 4.79 Å². The number of hydrogen-bond donors (Lipinski definition) is 3.